The molecule has 13 nitrogen and oxygen atoms in total. The van der Waals surface area contributed by atoms with Crippen LogP contribution in [-0.2, 0) is 6.54 Å². The molecule has 1 atom stereocenters. The van der Waals surface area contributed by atoms with Crippen LogP contribution in [0.5, 0.6) is 17.2 Å². The molecule has 0 spiro atoms. The van der Waals surface area contributed by atoms with Gasteiger partial charge in [0.15, 0.2) is 11.5 Å². The molecule has 2 amide bonds. The van der Waals surface area contributed by atoms with Crippen LogP contribution in [0.1, 0.15) is 34.3 Å². The number of methoxy groups -OCH3 is 1. The lowest BCUT2D eigenvalue weighted by Gasteiger charge is -2.31. The van der Waals surface area contributed by atoms with Gasteiger partial charge in [-0.05, 0) is 66.9 Å². The number of rotatable bonds is 9. The van der Waals surface area contributed by atoms with Crippen molar-refractivity contribution in [3.8, 4) is 23.3 Å². The second kappa shape index (κ2) is 13.2. The number of hydrogen-bond donors (Lipinski definition) is 3. The van der Waals surface area contributed by atoms with E-state index in [9.17, 15) is 14.7 Å². The highest BCUT2D eigenvalue weighted by molar-refractivity contribution is 6.03. The fraction of sp³-hybridized carbons (Fsp3) is 0.212. The first-order valence-electron chi connectivity index (χ1n) is 14.6. The van der Waals surface area contributed by atoms with Crippen LogP contribution >= 0.6 is 0 Å². The molecule has 3 N–H and O–H groups in total. The quantitative estimate of drug-likeness (QED) is 0.196. The lowest BCUT2D eigenvalue weighted by Crippen LogP contribution is -2.44. The Hall–Kier alpha value is -6.16. The van der Waals surface area contributed by atoms with E-state index >= 15 is 0 Å². The highest BCUT2D eigenvalue weighted by Gasteiger charge is 2.26. The molecule has 2 aromatic carbocycles. The van der Waals surface area contributed by atoms with Crippen molar-refractivity contribution in [2.24, 2.45) is 0 Å². The molecule has 0 bridgehead atoms. The van der Waals surface area contributed by atoms with Crippen LogP contribution in [0.15, 0.2) is 79.1 Å². The summed E-state index contributed by atoms with van der Waals surface area (Å²) in [7, 11) is 1.62. The largest absolute Gasteiger partial charge is 0.497 e. The van der Waals surface area contributed by atoms with Crippen molar-refractivity contribution in [3.05, 3.63) is 95.8 Å². The maximum Gasteiger partial charge on any atom is 0.407 e. The lowest BCUT2D eigenvalue weighted by molar-refractivity contribution is 0.102. The number of likely N-dealkylation sites (tertiary alicyclic amines) is 1. The van der Waals surface area contributed by atoms with Gasteiger partial charge in [-0.3, -0.25) is 4.79 Å². The second-order valence-corrected chi connectivity index (χ2v) is 10.7. The van der Waals surface area contributed by atoms with Gasteiger partial charge in [0.05, 0.1) is 25.3 Å². The standard InChI is InChI=1S/C33H30N8O5/c1-45-25-8-4-21(5-9-25)19-41-31-29(30(39-41)37-24-3-2-16-40(20-24)33(43)44)27(13-15-36-31)46-26-10-6-23(7-11-26)32(42)38-28-17-22(18-34)12-14-35-28/h4-15,17,24H,2-3,16,19-20H2,1H3,(H,37,39)(H,43,44)(H,35,38,42). The topological polar surface area (TPSA) is 168 Å². The molecule has 0 aliphatic carbocycles. The second-order valence-electron chi connectivity index (χ2n) is 10.7. The number of nitriles is 1. The van der Waals surface area contributed by atoms with Crippen molar-refractivity contribution in [2.45, 2.75) is 25.4 Å². The molecule has 13 heteroatoms. The molecule has 0 radical (unpaired) electrons. The summed E-state index contributed by atoms with van der Waals surface area (Å²) in [6, 6.07) is 21.0. The van der Waals surface area contributed by atoms with Gasteiger partial charge in [0.1, 0.15) is 28.5 Å². The number of amides is 2. The van der Waals surface area contributed by atoms with Crippen molar-refractivity contribution < 1.29 is 24.2 Å². The van der Waals surface area contributed by atoms with E-state index in [0.717, 1.165) is 24.2 Å². The zero-order valence-electron chi connectivity index (χ0n) is 24.9. The highest BCUT2D eigenvalue weighted by Crippen LogP contribution is 2.35. The van der Waals surface area contributed by atoms with Crippen molar-refractivity contribution in [2.75, 3.05) is 30.8 Å². The number of carbonyl (C=O) groups excluding carboxylic acids is 1. The zero-order valence-corrected chi connectivity index (χ0v) is 24.9. The van der Waals surface area contributed by atoms with E-state index in [1.807, 2.05) is 30.3 Å². The summed E-state index contributed by atoms with van der Waals surface area (Å²) >= 11 is 0. The van der Waals surface area contributed by atoms with E-state index in [4.69, 9.17) is 19.8 Å². The van der Waals surface area contributed by atoms with E-state index in [-0.39, 0.29) is 17.8 Å². The first-order valence-corrected chi connectivity index (χ1v) is 14.6. The predicted octanol–water partition coefficient (Wildman–Crippen LogP) is 5.35. The fourth-order valence-electron chi connectivity index (χ4n) is 5.29. The normalized spacial score (nSPS) is 14.3. The molecule has 1 fully saturated rings. The molecule has 5 aromatic rings. The van der Waals surface area contributed by atoms with E-state index < -0.39 is 6.09 Å². The Morgan fingerprint density at radius 1 is 1.04 bits per heavy atom. The molecule has 1 aliphatic heterocycles. The Kier molecular flexibility index (Phi) is 8.60. The van der Waals surface area contributed by atoms with Crippen LogP contribution in [0, 0.1) is 11.3 Å². The molecule has 1 unspecified atom stereocenters. The molecule has 1 saturated heterocycles. The minimum Gasteiger partial charge on any atom is -0.497 e. The first-order chi connectivity index (χ1) is 22.4. The van der Waals surface area contributed by atoms with Gasteiger partial charge >= 0.3 is 6.09 Å². The smallest absolute Gasteiger partial charge is 0.407 e. The SMILES string of the molecule is COc1ccc(Cn2nc(NC3CCCN(C(=O)O)C3)c3c(Oc4ccc(C(=O)Nc5cc(C#N)ccn5)cc4)ccnc32)cc1. The zero-order chi connectivity index (χ0) is 32.0. The van der Waals surface area contributed by atoms with E-state index in [0.29, 0.717) is 59.1 Å². The van der Waals surface area contributed by atoms with Gasteiger partial charge in [0, 0.05) is 43.2 Å². The summed E-state index contributed by atoms with van der Waals surface area (Å²) in [5.74, 6) is 2.16. The number of benzene rings is 2. The molecule has 1 aliphatic rings. The number of piperidine rings is 1. The summed E-state index contributed by atoms with van der Waals surface area (Å²) < 4.78 is 13.4. The summed E-state index contributed by atoms with van der Waals surface area (Å²) in [5.41, 5.74) is 2.35. The molecule has 232 valence electrons. The molecule has 3 aromatic heterocycles. The van der Waals surface area contributed by atoms with Gasteiger partial charge in [0.25, 0.3) is 5.91 Å². The monoisotopic (exact) mass is 618 g/mol. The Labute approximate surface area is 264 Å². The van der Waals surface area contributed by atoms with Crippen LogP contribution in [0.25, 0.3) is 11.0 Å². The third kappa shape index (κ3) is 6.66. The number of carboxylic acid groups (broad SMARTS) is 1. The molecule has 6 rings (SSSR count). The van der Waals surface area contributed by atoms with Gasteiger partial charge in [-0.25, -0.2) is 19.4 Å². The summed E-state index contributed by atoms with van der Waals surface area (Å²) in [4.78, 5) is 34.6. The number of nitrogens with one attached hydrogen (secondary N) is 2. The van der Waals surface area contributed by atoms with Crippen molar-refractivity contribution in [1.82, 2.24) is 24.6 Å². The van der Waals surface area contributed by atoms with E-state index in [2.05, 4.69) is 20.6 Å². The van der Waals surface area contributed by atoms with Gasteiger partial charge in [-0.15, -0.1) is 0 Å². The third-order valence-corrected chi connectivity index (χ3v) is 7.59. The van der Waals surface area contributed by atoms with Crippen LogP contribution in [0.2, 0.25) is 0 Å². The Morgan fingerprint density at radius 2 is 1.80 bits per heavy atom. The number of ether oxygens (including phenoxy) is 2. The third-order valence-electron chi connectivity index (χ3n) is 7.59. The van der Waals surface area contributed by atoms with Crippen LogP contribution < -0.4 is 20.1 Å². The van der Waals surface area contributed by atoms with Gasteiger partial charge < -0.3 is 30.1 Å². The number of carbonyl (C=O) groups is 2. The van der Waals surface area contributed by atoms with Crippen LogP contribution in [0.4, 0.5) is 16.4 Å². The number of pyridine rings is 2. The van der Waals surface area contributed by atoms with Gasteiger partial charge in [-0.1, -0.05) is 12.1 Å². The molecule has 0 saturated carbocycles. The molecular formula is C33H30N8O5. The van der Waals surface area contributed by atoms with Crippen molar-refractivity contribution >= 4 is 34.7 Å². The average Bonchev–Trinajstić information content (AvgIpc) is 3.42. The molecule has 46 heavy (non-hydrogen) atoms. The number of nitrogens with zero attached hydrogens (tertiary/aromatic N) is 6. The first kappa shape index (κ1) is 29.9. The summed E-state index contributed by atoms with van der Waals surface area (Å²) in [6.45, 7) is 1.26. The number of anilines is 2. The van der Waals surface area contributed by atoms with Crippen molar-refractivity contribution in [3.63, 3.8) is 0 Å². The van der Waals surface area contributed by atoms with Crippen LogP contribution in [-0.4, -0.2) is 68.0 Å². The fourth-order valence-corrected chi connectivity index (χ4v) is 5.29. The number of aromatic nitrogens is 4. The average molecular weight is 619 g/mol. The lowest BCUT2D eigenvalue weighted by atomic mass is 10.1. The van der Waals surface area contributed by atoms with Crippen LogP contribution in [0.3, 0.4) is 0 Å². The van der Waals surface area contributed by atoms with Gasteiger partial charge in [-0.2, -0.15) is 10.4 Å². The predicted molar refractivity (Wildman–Crippen MR) is 169 cm³/mol. The molecular weight excluding hydrogens is 588 g/mol. The number of hydrogen-bond acceptors (Lipinski definition) is 9. The maximum atomic E-state index is 12.8. The number of fused-ring (bicyclic) bond motifs is 1. The molecule has 4 heterocycles. The van der Waals surface area contributed by atoms with Crippen molar-refractivity contribution in [1.29, 1.82) is 5.26 Å². The highest BCUT2D eigenvalue weighted by atomic mass is 16.5. The summed E-state index contributed by atoms with van der Waals surface area (Å²) in [6.07, 6.45) is 3.67. The van der Waals surface area contributed by atoms with Gasteiger partial charge in [0.2, 0.25) is 0 Å². The maximum absolute atomic E-state index is 12.8. The van der Waals surface area contributed by atoms with E-state index in [1.54, 1.807) is 54.4 Å². The Balaban J connectivity index is 1.27. The minimum absolute atomic E-state index is 0.147. The Morgan fingerprint density at radius 3 is 2.54 bits per heavy atom. The Bertz CT molecular complexity index is 1920. The van der Waals surface area contributed by atoms with E-state index in [1.165, 1.54) is 17.2 Å². The minimum atomic E-state index is -0.948. The summed E-state index contributed by atoms with van der Waals surface area (Å²) in [5, 5.41) is 30.3.